The largest absolute Gasteiger partial charge is 0.484 e. The molecule has 2 amide bonds. The number of halogens is 1. The molecule has 6 nitrogen and oxygen atoms in total. The minimum absolute atomic E-state index is 0.0639. The van der Waals surface area contributed by atoms with Crippen molar-refractivity contribution in [2.75, 3.05) is 13.2 Å². The summed E-state index contributed by atoms with van der Waals surface area (Å²) < 4.78 is 24.7. The highest BCUT2D eigenvalue weighted by Gasteiger charge is 2.34. The Labute approximate surface area is 185 Å². The minimum atomic E-state index is -0.430. The molecule has 32 heavy (non-hydrogen) atoms. The van der Waals surface area contributed by atoms with Crippen molar-refractivity contribution in [2.24, 2.45) is 0 Å². The number of hydrogen-bond acceptors (Lipinski definition) is 4. The zero-order valence-corrected chi connectivity index (χ0v) is 17.4. The van der Waals surface area contributed by atoms with E-state index in [2.05, 4.69) is 5.32 Å². The Morgan fingerprint density at radius 3 is 2.66 bits per heavy atom. The van der Waals surface area contributed by atoms with Crippen LogP contribution >= 0.6 is 0 Å². The van der Waals surface area contributed by atoms with Gasteiger partial charge >= 0.3 is 0 Å². The summed E-state index contributed by atoms with van der Waals surface area (Å²) in [7, 11) is 0. The van der Waals surface area contributed by atoms with Crippen LogP contribution in [0, 0.1) is 5.82 Å². The van der Waals surface area contributed by atoms with Gasteiger partial charge in [-0.25, -0.2) is 4.39 Å². The lowest BCUT2D eigenvalue weighted by Gasteiger charge is -2.37. The lowest BCUT2D eigenvalue weighted by atomic mass is 9.87. The molecule has 2 aromatic carbocycles. The average Bonchev–Trinajstić information content (AvgIpc) is 3.44. The van der Waals surface area contributed by atoms with Gasteiger partial charge < -0.3 is 19.4 Å². The zero-order valence-electron chi connectivity index (χ0n) is 17.4. The molecule has 0 radical (unpaired) electrons. The summed E-state index contributed by atoms with van der Waals surface area (Å²) in [6.07, 6.45) is 4.17. The molecule has 0 saturated heterocycles. The fourth-order valence-electron chi connectivity index (χ4n) is 4.09. The summed E-state index contributed by atoms with van der Waals surface area (Å²) in [5.74, 6) is 0.0892. The van der Waals surface area contributed by atoms with Gasteiger partial charge in [-0.3, -0.25) is 9.59 Å². The monoisotopic (exact) mass is 434 g/mol. The van der Waals surface area contributed by atoms with Crippen molar-refractivity contribution < 1.29 is 23.1 Å². The first-order valence-corrected chi connectivity index (χ1v) is 10.7. The summed E-state index contributed by atoms with van der Waals surface area (Å²) >= 11 is 0. The SMILES string of the molecule is O=C(COc1ccc2c(c1)C(c1ccc(F)cc1)N(C(=O)c1ccco1)CC2)NC1CC1. The van der Waals surface area contributed by atoms with Gasteiger partial charge in [0.15, 0.2) is 12.4 Å². The lowest BCUT2D eigenvalue weighted by molar-refractivity contribution is -0.123. The number of benzene rings is 2. The first kappa shape index (κ1) is 20.3. The van der Waals surface area contributed by atoms with Gasteiger partial charge in [0, 0.05) is 12.6 Å². The van der Waals surface area contributed by atoms with E-state index >= 15 is 0 Å². The first-order chi connectivity index (χ1) is 15.6. The van der Waals surface area contributed by atoms with Crippen LogP contribution in [0.5, 0.6) is 5.75 Å². The molecule has 1 fully saturated rings. The van der Waals surface area contributed by atoms with E-state index in [1.165, 1.54) is 18.4 Å². The fraction of sp³-hybridized carbons (Fsp3) is 0.280. The van der Waals surface area contributed by atoms with Crippen molar-refractivity contribution in [3.05, 3.63) is 89.1 Å². The quantitative estimate of drug-likeness (QED) is 0.640. The molecule has 7 heteroatoms. The number of amides is 2. The van der Waals surface area contributed by atoms with E-state index in [9.17, 15) is 14.0 Å². The second-order valence-electron chi connectivity index (χ2n) is 8.17. The molecule has 1 N–H and O–H groups in total. The normalized spacial score (nSPS) is 17.5. The molecule has 5 rings (SSSR count). The Kier molecular flexibility index (Phi) is 5.39. The number of carbonyl (C=O) groups is 2. The van der Waals surface area contributed by atoms with E-state index in [1.807, 2.05) is 18.2 Å². The van der Waals surface area contributed by atoms with Crippen molar-refractivity contribution >= 4 is 11.8 Å². The van der Waals surface area contributed by atoms with Crippen molar-refractivity contribution in [1.82, 2.24) is 10.2 Å². The van der Waals surface area contributed by atoms with Gasteiger partial charge in [0.1, 0.15) is 11.6 Å². The molecule has 1 aliphatic carbocycles. The number of carbonyl (C=O) groups excluding carboxylic acids is 2. The number of rotatable bonds is 6. The smallest absolute Gasteiger partial charge is 0.290 e. The highest BCUT2D eigenvalue weighted by atomic mass is 19.1. The number of nitrogens with zero attached hydrogens (tertiary/aromatic N) is 1. The van der Waals surface area contributed by atoms with Crippen LogP contribution in [-0.4, -0.2) is 35.9 Å². The van der Waals surface area contributed by atoms with Gasteiger partial charge in [0.05, 0.1) is 12.3 Å². The van der Waals surface area contributed by atoms with E-state index < -0.39 is 6.04 Å². The Morgan fingerprint density at radius 2 is 1.94 bits per heavy atom. The lowest BCUT2D eigenvalue weighted by Crippen LogP contribution is -2.40. The molecule has 1 saturated carbocycles. The summed E-state index contributed by atoms with van der Waals surface area (Å²) in [5.41, 5.74) is 2.76. The van der Waals surface area contributed by atoms with E-state index in [0.717, 1.165) is 29.5 Å². The summed E-state index contributed by atoms with van der Waals surface area (Å²) in [6, 6.07) is 15.0. The van der Waals surface area contributed by atoms with Crippen LogP contribution in [0.2, 0.25) is 0 Å². The Bertz CT molecular complexity index is 1120. The molecule has 3 aromatic rings. The number of fused-ring (bicyclic) bond motifs is 1. The van der Waals surface area contributed by atoms with Crippen LogP contribution in [0.1, 0.15) is 46.1 Å². The standard InChI is InChI=1S/C25H23FN2O4/c26-18-6-3-17(4-7-18)24-21-14-20(32-15-23(29)27-19-8-9-19)10-5-16(21)11-12-28(24)25(30)22-2-1-13-31-22/h1-7,10,13-14,19,24H,8-9,11-12,15H2,(H,27,29). The highest BCUT2D eigenvalue weighted by Crippen LogP contribution is 2.38. The summed E-state index contributed by atoms with van der Waals surface area (Å²) in [6.45, 7) is 0.435. The molecular weight excluding hydrogens is 411 g/mol. The number of furan rings is 1. The van der Waals surface area contributed by atoms with E-state index in [4.69, 9.17) is 9.15 Å². The summed E-state index contributed by atoms with van der Waals surface area (Å²) in [4.78, 5) is 26.9. The molecule has 2 aliphatic rings. The molecule has 164 valence electrons. The maximum atomic E-state index is 13.6. The predicted octanol–water partition coefficient (Wildman–Crippen LogP) is 3.86. The molecule has 1 unspecified atom stereocenters. The van der Waals surface area contributed by atoms with Crippen molar-refractivity contribution in [1.29, 1.82) is 0 Å². The van der Waals surface area contributed by atoms with Crippen LogP contribution in [-0.2, 0) is 11.2 Å². The van der Waals surface area contributed by atoms with Crippen LogP contribution in [0.4, 0.5) is 4.39 Å². The van der Waals surface area contributed by atoms with Crippen LogP contribution < -0.4 is 10.1 Å². The molecule has 1 aliphatic heterocycles. The van der Waals surface area contributed by atoms with Gasteiger partial charge in [-0.1, -0.05) is 18.2 Å². The van der Waals surface area contributed by atoms with Crippen molar-refractivity contribution in [2.45, 2.75) is 31.3 Å². The first-order valence-electron chi connectivity index (χ1n) is 10.7. The number of nitrogens with one attached hydrogen (secondary N) is 1. The molecule has 1 aromatic heterocycles. The van der Waals surface area contributed by atoms with Crippen molar-refractivity contribution in [3.8, 4) is 5.75 Å². The predicted molar refractivity (Wildman–Crippen MR) is 115 cm³/mol. The van der Waals surface area contributed by atoms with Gasteiger partial charge in [0.25, 0.3) is 11.8 Å². The average molecular weight is 434 g/mol. The van der Waals surface area contributed by atoms with Crippen molar-refractivity contribution in [3.63, 3.8) is 0 Å². The maximum absolute atomic E-state index is 13.6. The van der Waals surface area contributed by atoms with Gasteiger partial charge in [-0.2, -0.15) is 0 Å². The van der Waals surface area contributed by atoms with E-state index in [1.54, 1.807) is 29.2 Å². The van der Waals surface area contributed by atoms with Gasteiger partial charge in [-0.05, 0) is 72.4 Å². The molecular formula is C25H23FN2O4. The fourth-order valence-corrected chi connectivity index (χ4v) is 4.09. The van der Waals surface area contributed by atoms with E-state index in [0.29, 0.717) is 18.7 Å². The Hall–Kier alpha value is -3.61. The number of ether oxygens (including phenoxy) is 1. The van der Waals surface area contributed by atoms with Crippen LogP contribution in [0.3, 0.4) is 0 Å². The van der Waals surface area contributed by atoms with Gasteiger partial charge in [-0.15, -0.1) is 0 Å². The number of hydrogen-bond donors (Lipinski definition) is 1. The maximum Gasteiger partial charge on any atom is 0.290 e. The second kappa shape index (κ2) is 8.49. The zero-order chi connectivity index (χ0) is 22.1. The molecule has 0 spiro atoms. The van der Waals surface area contributed by atoms with Gasteiger partial charge in [0.2, 0.25) is 0 Å². The van der Waals surface area contributed by atoms with Crippen LogP contribution in [0.25, 0.3) is 0 Å². The van der Waals surface area contributed by atoms with Crippen LogP contribution in [0.15, 0.2) is 65.3 Å². The third-order valence-electron chi connectivity index (χ3n) is 5.84. The van der Waals surface area contributed by atoms with E-state index in [-0.39, 0.29) is 36.0 Å². The highest BCUT2D eigenvalue weighted by molar-refractivity contribution is 5.92. The third kappa shape index (κ3) is 4.23. The molecule has 2 heterocycles. The molecule has 1 atom stereocenters. The summed E-state index contributed by atoms with van der Waals surface area (Å²) in [5, 5.41) is 2.90. The molecule has 0 bridgehead atoms. The third-order valence-corrected chi connectivity index (χ3v) is 5.84. The minimum Gasteiger partial charge on any atom is -0.484 e. The topological polar surface area (TPSA) is 71.8 Å². The Morgan fingerprint density at radius 1 is 1.12 bits per heavy atom. The Balaban J connectivity index is 1.46. The second-order valence-corrected chi connectivity index (χ2v) is 8.17.